The van der Waals surface area contributed by atoms with Crippen molar-refractivity contribution in [2.75, 3.05) is 0 Å². The van der Waals surface area contributed by atoms with E-state index in [2.05, 4.69) is 31.8 Å². The fourth-order valence-corrected chi connectivity index (χ4v) is 6.09. The van der Waals surface area contributed by atoms with Gasteiger partial charge in [-0.1, -0.05) is 0 Å². The SMILES string of the molecule is C=Cc1cccc(O)c1I(I)C=C. The molecule has 1 N–H and O–H groups in total. The Kier molecular flexibility index (Phi) is 4.24. The normalized spacial score (nSPS) is 10.7. The van der Waals surface area contributed by atoms with Gasteiger partial charge in [-0.25, -0.2) is 0 Å². The van der Waals surface area contributed by atoms with Gasteiger partial charge < -0.3 is 0 Å². The van der Waals surface area contributed by atoms with Crippen LogP contribution in [-0.2, 0) is 0 Å². The molecule has 0 aliphatic rings. The maximum absolute atomic E-state index is 9.66. The molecular weight excluding hydrogens is 390 g/mol. The molecule has 13 heavy (non-hydrogen) atoms. The summed E-state index contributed by atoms with van der Waals surface area (Å²) in [5.41, 5.74) is 1.03. The van der Waals surface area contributed by atoms with E-state index in [4.69, 9.17) is 0 Å². The van der Waals surface area contributed by atoms with Crippen LogP contribution in [0.1, 0.15) is 5.56 Å². The molecule has 1 aromatic carbocycles. The molecule has 0 atom stereocenters. The second-order valence-corrected chi connectivity index (χ2v) is 11.7. The van der Waals surface area contributed by atoms with Gasteiger partial charge >= 0.3 is 96.0 Å². The molecule has 1 nitrogen and oxygen atoms in total. The predicted molar refractivity (Wildman–Crippen MR) is 75.1 cm³/mol. The van der Waals surface area contributed by atoms with E-state index in [9.17, 15) is 5.11 Å². The van der Waals surface area contributed by atoms with Crippen LogP contribution in [-0.4, -0.2) is 5.11 Å². The van der Waals surface area contributed by atoms with E-state index >= 15 is 0 Å². The second-order valence-electron chi connectivity index (χ2n) is 2.30. The molecule has 0 heterocycles. The summed E-state index contributed by atoms with van der Waals surface area (Å²) in [5.74, 6) is 0.372. The van der Waals surface area contributed by atoms with Gasteiger partial charge in [0.2, 0.25) is 0 Å². The van der Waals surface area contributed by atoms with Gasteiger partial charge in [0.1, 0.15) is 0 Å². The van der Waals surface area contributed by atoms with Crippen LogP contribution in [0.25, 0.3) is 6.08 Å². The number of hydrogen-bond donors (Lipinski definition) is 1. The maximum atomic E-state index is 9.66. The molecule has 0 fully saturated rings. The Morgan fingerprint density at radius 1 is 1.38 bits per heavy atom. The summed E-state index contributed by atoms with van der Waals surface area (Å²) >= 11 is 0.982. The van der Waals surface area contributed by atoms with Crippen molar-refractivity contribution in [1.29, 1.82) is 0 Å². The van der Waals surface area contributed by atoms with Crippen molar-refractivity contribution in [3.63, 3.8) is 0 Å². The first-order valence-electron chi connectivity index (χ1n) is 3.62. The summed E-state index contributed by atoms with van der Waals surface area (Å²) in [7, 11) is 0. The van der Waals surface area contributed by atoms with Gasteiger partial charge in [0, 0.05) is 0 Å². The fraction of sp³-hybridized carbons (Fsp3) is 0. The van der Waals surface area contributed by atoms with E-state index in [1.807, 2.05) is 16.2 Å². The molecule has 1 rings (SSSR count). The van der Waals surface area contributed by atoms with Crippen LogP contribution < -0.4 is 0 Å². The van der Waals surface area contributed by atoms with Crippen LogP contribution in [0.3, 0.4) is 0 Å². The van der Waals surface area contributed by atoms with Crippen LogP contribution in [0.5, 0.6) is 5.75 Å². The average molecular weight is 400 g/mol. The van der Waals surface area contributed by atoms with Crippen LogP contribution in [0, 0.1) is 3.57 Å². The molecule has 70 valence electrons. The average Bonchev–Trinajstić information content (AvgIpc) is 2.16. The van der Waals surface area contributed by atoms with Crippen molar-refractivity contribution in [1.82, 2.24) is 0 Å². The van der Waals surface area contributed by atoms with Gasteiger partial charge in [0.15, 0.2) is 0 Å². The molecule has 0 saturated heterocycles. The second kappa shape index (κ2) is 4.99. The van der Waals surface area contributed by atoms with E-state index in [1.165, 1.54) is 0 Å². The van der Waals surface area contributed by atoms with Gasteiger partial charge in [-0.3, -0.25) is 0 Å². The predicted octanol–water partition coefficient (Wildman–Crippen LogP) is 4.20. The molecule has 0 aliphatic carbocycles. The van der Waals surface area contributed by atoms with Gasteiger partial charge in [-0.05, 0) is 0 Å². The number of halogens is 2. The van der Waals surface area contributed by atoms with E-state index < -0.39 is 15.8 Å². The minimum absolute atomic E-state index is 0.372. The van der Waals surface area contributed by atoms with Gasteiger partial charge in [-0.2, -0.15) is 0 Å². The van der Waals surface area contributed by atoms with Crippen LogP contribution in [0.4, 0.5) is 0 Å². The Morgan fingerprint density at radius 2 is 2.08 bits per heavy atom. The molecule has 0 radical (unpaired) electrons. The minimum atomic E-state index is -1.39. The Hall–Kier alpha value is -0.0400. The third kappa shape index (κ3) is 2.46. The first kappa shape index (κ1) is 11.0. The zero-order valence-corrected chi connectivity index (χ0v) is 11.3. The van der Waals surface area contributed by atoms with Crippen LogP contribution >= 0.6 is 34.5 Å². The number of rotatable bonds is 3. The quantitative estimate of drug-likeness (QED) is 0.755. The summed E-state index contributed by atoms with van der Waals surface area (Å²) in [4.78, 5) is 0. The summed E-state index contributed by atoms with van der Waals surface area (Å²) in [6.07, 6.45) is 1.78. The number of aromatic hydroxyl groups is 1. The summed E-state index contributed by atoms with van der Waals surface area (Å²) in [6, 6.07) is 5.52. The Balaban J connectivity index is 3.29. The molecular formula is C10H10I2O. The zero-order chi connectivity index (χ0) is 9.84. The molecule has 0 bridgehead atoms. The molecule has 0 unspecified atom stereocenters. The topological polar surface area (TPSA) is 20.2 Å². The molecule has 0 spiro atoms. The first-order chi connectivity index (χ1) is 6.20. The van der Waals surface area contributed by atoms with Crippen molar-refractivity contribution in [3.8, 4) is 5.75 Å². The van der Waals surface area contributed by atoms with E-state index in [1.54, 1.807) is 12.1 Å². The van der Waals surface area contributed by atoms with Crippen LogP contribution in [0.2, 0.25) is 0 Å². The van der Waals surface area contributed by atoms with Crippen molar-refractivity contribution in [2.24, 2.45) is 0 Å². The number of hydrogen-bond acceptors (Lipinski definition) is 1. The Morgan fingerprint density at radius 3 is 2.62 bits per heavy atom. The van der Waals surface area contributed by atoms with Gasteiger partial charge in [0.05, 0.1) is 0 Å². The standard InChI is InChI=1S/C10H10I2O/c1-3-8-6-5-7-9(13)10(8)12(11)4-2/h3-7,13H,1-2H2. The Labute approximate surface area is 95.1 Å². The molecule has 0 aliphatic heterocycles. The number of phenolic OH excluding ortho intramolecular Hbond substituents is 1. The monoisotopic (exact) mass is 400 g/mol. The molecule has 0 saturated carbocycles. The van der Waals surface area contributed by atoms with E-state index in [0.717, 1.165) is 9.13 Å². The van der Waals surface area contributed by atoms with E-state index in [0.29, 0.717) is 5.75 Å². The van der Waals surface area contributed by atoms with Gasteiger partial charge in [-0.15, -0.1) is 0 Å². The molecule has 1 aromatic rings. The summed E-state index contributed by atoms with van der Waals surface area (Å²) < 4.78 is 2.99. The van der Waals surface area contributed by atoms with Crippen molar-refractivity contribution >= 4 is 40.5 Å². The number of phenols is 1. The summed E-state index contributed by atoms with van der Waals surface area (Å²) in [5, 5.41) is 9.66. The summed E-state index contributed by atoms with van der Waals surface area (Å²) in [6.45, 7) is 7.50. The zero-order valence-electron chi connectivity index (χ0n) is 7.00. The Bertz CT molecular complexity index is 334. The third-order valence-corrected chi connectivity index (χ3v) is 9.49. The number of benzene rings is 1. The van der Waals surface area contributed by atoms with Crippen LogP contribution in [0.15, 0.2) is 35.4 Å². The fourth-order valence-electron chi connectivity index (χ4n) is 0.969. The third-order valence-electron chi connectivity index (χ3n) is 1.54. The van der Waals surface area contributed by atoms with Crippen molar-refractivity contribution < 1.29 is 5.11 Å². The van der Waals surface area contributed by atoms with Gasteiger partial charge in [0.25, 0.3) is 0 Å². The van der Waals surface area contributed by atoms with Crippen molar-refractivity contribution in [2.45, 2.75) is 0 Å². The molecule has 0 amide bonds. The first-order valence-corrected chi connectivity index (χ1v) is 12.2. The van der Waals surface area contributed by atoms with Crippen molar-refractivity contribution in [3.05, 3.63) is 44.6 Å². The molecule has 3 heteroatoms. The molecule has 0 aromatic heterocycles. The van der Waals surface area contributed by atoms with E-state index in [-0.39, 0.29) is 0 Å².